The predicted molar refractivity (Wildman–Crippen MR) is 211 cm³/mol. The number of carbonyl (C=O) groups is 2. The van der Waals surface area contributed by atoms with Crippen molar-refractivity contribution in [1.29, 1.82) is 0 Å². The fourth-order valence-electron chi connectivity index (χ4n) is 6.97. The number of hydrogen-bond donors (Lipinski definition) is 6. The highest BCUT2D eigenvalue weighted by Gasteiger charge is 2.27. The molecule has 1 aliphatic heterocycles. The monoisotopic (exact) mass is 748 g/mol. The lowest BCUT2D eigenvalue weighted by Gasteiger charge is -2.21. The minimum Gasteiger partial charge on any atom is -0.507 e. The molecule has 0 radical (unpaired) electrons. The van der Waals surface area contributed by atoms with Crippen LogP contribution >= 0.6 is 0 Å². The minimum absolute atomic E-state index is 0.0170. The van der Waals surface area contributed by atoms with Gasteiger partial charge in [0.2, 0.25) is 5.88 Å². The minimum atomic E-state index is -1.30. The largest absolute Gasteiger partial charge is 0.507 e. The lowest BCUT2D eigenvalue weighted by Crippen LogP contribution is -2.15. The van der Waals surface area contributed by atoms with E-state index in [1.54, 1.807) is 24.3 Å². The molecule has 1 aliphatic carbocycles. The maximum absolute atomic E-state index is 13.8. The zero-order valence-corrected chi connectivity index (χ0v) is 29.7. The van der Waals surface area contributed by atoms with Gasteiger partial charge < -0.3 is 40.2 Å². The summed E-state index contributed by atoms with van der Waals surface area (Å²) in [7, 11) is 1.52. The van der Waals surface area contributed by atoms with Gasteiger partial charge in [-0.2, -0.15) is 0 Å². The lowest BCUT2D eigenvalue weighted by molar-refractivity contribution is 0.0682. The molecule has 0 fully saturated rings. The second-order valence-electron chi connectivity index (χ2n) is 13.0. The van der Waals surface area contributed by atoms with Crippen molar-refractivity contribution in [3.05, 3.63) is 141 Å². The predicted octanol–water partition coefficient (Wildman–Crippen LogP) is 7.49. The Hall–Kier alpha value is -7.51. The number of hydrogen-bond acceptors (Lipinski definition) is 11. The van der Waals surface area contributed by atoms with Crippen molar-refractivity contribution in [2.45, 2.75) is 19.7 Å². The Labute approximate surface area is 317 Å². The Morgan fingerprint density at radius 2 is 1.45 bits per heavy atom. The first-order valence-corrected chi connectivity index (χ1v) is 17.4. The third-order valence-electron chi connectivity index (χ3n) is 9.72. The second kappa shape index (κ2) is 14.4. The number of ether oxygens (including phenoxy) is 1. The Balaban J connectivity index is 1.35. The summed E-state index contributed by atoms with van der Waals surface area (Å²) < 4.78 is 12.0. The molecule has 8 rings (SSSR count). The van der Waals surface area contributed by atoms with Gasteiger partial charge in [0.05, 0.1) is 64.1 Å². The quantitative estimate of drug-likeness (QED) is 0.0711. The van der Waals surface area contributed by atoms with Crippen molar-refractivity contribution in [1.82, 2.24) is 9.97 Å². The van der Waals surface area contributed by atoms with E-state index in [-0.39, 0.29) is 70.0 Å². The molecular weight excluding hydrogens is 716 g/mol. The van der Waals surface area contributed by atoms with Crippen LogP contribution in [-0.2, 0) is 19.7 Å². The summed E-state index contributed by atoms with van der Waals surface area (Å²) in [6.07, 6.45) is 0. The van der Waals surface area contributed by atoms with E-state index in [1.165, 1.54) is 43.5 Å². The number of aliphatic hydroxyl groups is 1. The van der Waals surface area contributed by atoms with Gasteiger partial charge in [-0.15, -0.1) is 0 Å². The average Bonchev–Trinajstić information content (AvgIpc) is 3.21. The molecule has 4 aromatic carbocycles. The molecule has 0 saturated carbocycles. The third kappa shape index (κ3) is 6.31. The van der Waals surface area contributed by atoms with Gasteiger partial charge in [-0.1, -0.05) is 30.3 Å². The topological polar surface area (TPSA) is 204 Å². The van der Waals surface area contributed by atoms with Crippen LogP contribution in [0, 0.1) is 0 Å². The highest BCUT2D eigenvalue weighted by Crippen LogP contribution is 2.45. The number of nitrogens with one attached hydrogen (secondary N) is 2. The summed E-state index contributed by atoms with van der Waals surface area (Å²) in [4.78, 5) is 47.8. The first-order chi connectivity index (χ1) is 27.1. The van der Waals surface area contributed by atoms with Crippen molar-refractivity contribution < 1.29 is 39.2 Å². The Morgan fingerprint density at radius 1 is 0.750 bits per heavy atom. The number of phenolic OH excluding ortho intramolecular Hbond substituents is 1. The molecule has 3 heterocycles. The number of carboxylic acid groups (broad SMARTS) is 2. The Morgan fingerprint density at radius 3 is 2.12 bits per heavy atom. The van der Waals surface area contributed by atoms with E-state index >= 15 is 0 Å². The van der Waals surface area contributed by atoms with Gasteiger partial charge in [0.15, 0.2) is 5.43 Å². The zero-order chi connectivity index (χ0) is 39.1. The van der Waals surface area contributed by atoms with Gasteiger partial charge in [-0.3, -0.25) is 4.79 Å². The van der Waals surface area contributed by atoms with Crippen molar-refractivity contribution in [3.8, 4) is 34.1 Å². The maximum atomic E-state index is 13.8. The number of aliphatic hydroxyl groups excluding tert-OH is 1. The fraction of sp³-hybridized carbons (Fsp3) is 0.0930. The van der Waals surface area contributed by atoms with Gasteiger partial charge >= 0.3 is 11.9 Å². The summed E-state index contributed by atoms with van der Waals surface area (Å²) in [6, 6.07) is 27.9. The fourth-order valence-corrected chi connectivity index (χ4v) is 6.97. The van der Waals surface area contributed by atoms with Crippen LogP contribution in [-0.4, -0.2) is 49.4 Å². The smallest absolute Gasteiger partial charge is 0.336 e. The van der Waals surface area contributed by atoms with E-state index < -0.39 is 11.9 Å². The molecule has 2 aromatic heterocycles. The van der Waals surface area contributed by atoms with E-state index in [0.29, 0.717) is 50.5 Å². The highest BCUT2D eigenvalue weighted by atomic mass is 16.5. The molecule has 0 unspecified atom stereocenters. The number of methoxy groups -OCH3 is 1. The number of aromatic nitrogens is 2. The lowest BCUT2D eigenvalue weighted by atomic mass is 9.87. The SMILES string of the molecule is COc1ccc2cccc(NCc3c4oc5c(CNc6cccc7ccc(CO)nc67)c(O)ccc5c(-c5cc(C(=O)O)ccc5C(=O)O)c-4ccc3=O)c2n1. The first kappa shape index (κ1) is 35.5. The van der Waals surface area contributed by atoms with E-state index in [4.69, 9.17) is 9.15 Å². The van der Waals surface area contributed by atoms with Crippen LogP contribution in [0.3, 0.4) is 0 Å². The Bertz CT molecular complexity index is 2910. The Kier molecular flexibility index (Phi) is 9.12. The standard InChI is InChI=1S/C43H32N4O9/c1-55-36-17-10-23-5-3-7-33(39(23)47-36)45-20-31-35(50)16-14-28-37(29-18-24(42(51)52)9-12-26(29)43(53)54)27-13-15-34(49)30(40(27)56-41(28)31)19-44-32-6-2-4-22-8-11-25(21-48)46-38(22)32/h2-18,44-45,48-49H,19-21H2,1H3,(H,51,52)(H,53,54). The van der Waals surface area contributed by atoms with Crippen LogP contribution in [0.2, 0.25) is 0 Å². The van der Waals surface area contributed by atoms with Crippen LogP contribution in [0.4, 0.5) is 11.4 Å². The second-order valence-corrected chi connectivity index (χ2v) is 13.0. The number of anilines is 2. The van der Waals surface area contributed by atoms with Crippen molar-refractivity contribution in [2.24, 2.45) is 0 Å². The summed E-state index contributed by atoms with van der Waals surface area (Å²) in [5.41, 5.74) is 3.45. The maximum Gasteiger partial charge on any atom is 0.336 e. The van der Waals surface area contributed by atoms with Crippen molar-refractivity contribution in [3.63, 3.8) is 0 Å². The van der Waals surface area contributed by atoms with E-state index in [9.17, 15) is 34.8 Å². The number of aromatic hydroxyl groups is 1. The first-order valence-electron chi connectivity index (χ1n) is 17.4. The highest BCUT2D eigenvalue weighted by molar-refractivity contribution is 6.10. The molecule has 6 aromatic rings. The molecule has 56 heavy (non-hydrogen) atoms. The molecule has 13 heteroatoms. The number of fused-ring (bicyclic) bond motifs is 4. The number of nitrogens with zero attached hydrogens (tertiary/aromatic N) is 2. The molecular formula is C43H32N4O9. The molecule has 13 nitrogen and oxygen atoms in total. The average molecular weight is 749 g/mol. The van der Waals surface area contributed by atoms with Gasteiger partial charge in [0.1, 0.15) is 17.1 Å². The number of para-hydroxylation sites is 2. The molecule has 0 atom stereocenters. The summed E-state index contributed by atoms with van der Waals surface area (Å²) in [5.74, 6) is -2.22. The molecule has 0 saturated heterocycles. The van der Waals surface area contributed by atoms with Crippen LogP contribution in [0.1, 0.15) is 37.5 Å². The number of carboxylic acids is 2. The van der Waals surface area contributed by atoms with Crippen molar-refractivity contribution in [2.75, 3.05) is 17.7 Å². The van der Waals surface area contributed by atoms with Gasteiger partial charge in [0.25, 0.3) is 0 Å². The zero-order valence-electron chi connectivity index (χ0n) is 29.7. The number of pyridine rings is 2. The molecule has 0 bridgehead atoms. The van der Waals surface area contributed by atoms with Crippen LogP contribution in [0.5, 0.6) is 11.6 Å². The molecule has 0 spiro atoms. The number of aromatic carboxylic acids is 2. The summed E-state index contributed by atoms with van der Waals surface area (Å²) in [5, 5.41) is 50.1. The number of rotatable bonds is 11. The third-order valence-corrected chi connectivity index (χ3v) is 9.72. The summed E-state index contributed by atoms with van der Waals surface area (Å²) in [6.45, 7) is -0.323. The van der Waals surface area contributed by atoms with Gasteiger partial charge in [-0.25, -0.2) is 19.6 Å². The van der Waals surface area contributed by atoms with Crippen molar-refractivity contribution >= 4 is 56.1 Å². The number of benzene rings is 5. The number of phenols is 1. The molecule has 278 valence electrons. The van der Waals surface area contributed by atoms with Gasteiger partial charge in [-0.05, 0) is 72.3 Å². The normalized spacial score (nSPS) is 11.3. The molecule has 6 N–H and O–H groups in total. The van der Waals surface area contributed by atoms with Crippen LogP contribution in [0.15, 0.2) is 112 Å². The van der Waals surface area contributed by atoms with Crippen LogP contribution in [0.25, 0.3) is 55.2 Å². The van der Waals surface area contributed by atoms with E-state index in [0.717, 1.165) is 10.8 Å². The van der Waals surface area contributed by atoms with Crippen LogP contribution < -0.4 is 20.8 Å². The van der Waals surface area contributed by atoms with E-state index in [1.807, 2.05) is 42.5 Å². The molecule has 2 aliphatic rings. The molecule has 0 amide bonds. The van der Waals surface area contributed by atoms with Gasteiger partial charge in [0, 0.05) is 46.4 Å². The van der Waals surface area contributed by atoms with E-state index in [2.05, 4.69) is 20.6 Å². The summed E-state index contributed by atoms with van der Waals surface area (Å²) >= 11 is 0.